The highest BCUT2D eigenvalue weighted by molar-refractivity contribution is 7.13. The monoisotopic (exact) mass is 534 g/mol. The minimum Gasteiger partial charge on any atom is -0.391 e. The van der Waals surface area contributed by atoms with Crippen LogP contribution in [0, 0.1) is 12.3 Å². The number of likely N-dealkylation sites (tertiary alicyclic amines) is 1. The van der Waals surface area contributed by atoms with E-state index in [1.807, 2.05) is 12.2 Å². The molecule has 1 unspecified atom stereocenters. The summed E-state index contributed by atoms with van der Waals surface area (Å²) in [6.45, 7) is 6.88. The number of nitrogens with two attached hydrogens (primary N) is 1. The molecule has 0 bridgehead atoms. The smallest absolute Gasteiger partial charge is 0.391 e. The molecule has 194 valence electrons. The second kappa shape index (κ2) is 10.8. The molecule has 1 aromatic carbocycles. The van der Waals surface area contributed by atoms with E-state index in [1.165, 1.54) is 23.5 Å². The number of halogens is 4. The molecule has 1 fully saturated rings. The Morgan fingerprint density at radius 3 is 2.31 bits per heavy atom. The van der Waals surface area contributed by atoms with Crippen molar-refractivity contribution in [3.05, 3.63) is 41.0 Å². The summed E-state index contributed by atoms with van der Waals surface area (Å²) in [4.78, 5) is 31.9. The molecule has 7 nitrogen and oxygen atoms in total. The van der Waals surface area contributed by atoms with Crippen LogP contribution < -0.4 is 11.1 Å². The van der Waals surface area contributed by atoms with Crippen LogP contribution in [0.25, 0.3) is 10.4 Å². The molecule has 0 spiro atoms. The summed E-state index contributed by atoms with van der Waals surface area (Å²) in [6, 6.07) is 1.23. The van der Waals surface area contributed by atoms with Crippen molar-refractivity contribution < 1.29 is 27.9 Å². The van der Waals surface area contributed by atoms with Gasteiger partial charge in [-0.05, 0) is 23.5 Å². The van der Waals surface area contributed by atoms with Crippen molar-refractivity contribution in [3.8, 4) is 10.4 Å². The van der Waals surface area contributed by atoms with Gasteiger partial charge in [-0.15, -0.1) is 23.7 Å². The predicted molar refractivity (Wildman–Crippen MR) is 130 cm³/mol. The van der Waals surface area contributed by atoms with Crippen molar-refractivity contribution in [1.82, 2.24) is 15.2 Å². The number of rotatable bonds is 5. The molecule has 0 saturated carbocycles. The van der Waals surface area contributed by atoms with E-state index < -0.39 is 47.6 Å². The van der Waals surface area contributed by atoms with Crippen LogP contribution in [0.15, 0.2) is 29.8 Å². The lowest BCUT2D eigenvalue weighted by Crippen LogP contribution is -2.55. The van der Waals surface area contributed by atoms with Gasteiger partial charge >= 0.3 is 6.18 Å². The highest BCUT2D eigenvalue weighted by Crippen LogP contribution is 2.35. The summed E-state index contributed by atoms with van der Waals surface area (Å²) in [5.74, 6) is -1.58. The summed E-state index contributed by atoms with van der Waals surface area (Å²) in [5.41, 5.74) is 8.41. The first-order valence-corrected chi connectivity index (χ1v) is 11.7. The summed E-state index contributed by atoms with van der Waals surface area (Å²) >= 11 is 1.38. The predicted octanol–water partition coefficient (Wildman–Crippen LogP) is 3.60. The molecular weight excluding hydrogens is 505 g/mol. The molecule has 4 N–H and O–H groups in total. The lowest BCUT2D eigenvalue weighted by Gasteiger charge is -2.33. The highest BCUT2D eigenvalue weighted by atomic mass is 35.5. The lowest BCUT2D eigenvalue weighted by molar-refractivity contribution is -0.165. The number of nitrogens with zero attached hydrogens (tertiary/aromatic N) is 2. The first-order chi connectivity index (χ1) is 15.7. The van der Waals surface area contributed by atoms with Crippen LogP contribution in [0.4, 0.5) is 13.2 Å². The number of aliphatic hydroxyl groups is 1. The third-order valence-corrected chi connectivity index (χ3v) is 6.91. The van der Waals surface area contributed by atoms with Crippen LogP contribution in [0.3, 0.4) is 0 Å². The molecule has 12 heteroatoms. The topological polar surface area (TPSA) is 109 Å². The van der Waals surface area contributed by atoms with Crippen molar-refractivity contribution >= 4 is 35.6 Å². The molecule has 0 aliphatic carbocycles. The number of β-amino-alcohol motifs (C(OH)–C–C–N with tert-alkyl or cyclic N) is 1. The van der Waals surface area contributed by atoms with E-state index in [0.717, 1.165) is 21.0 Å². The number of alkyl halides is 3. The van der Waals surface area contributed by atoms with Gasteiger partial charge < -0.3 is 21.1 Å². The van der Waals surface area contributed by atoms with E-state index >= 15 is 0 Å². The van der Waals surface area contributed by atoms with Gasteiger partial charge in [0.25, 0.3) is 0 Å². The van der Waals surface area contributed by atoms with Gasteiger partial charge in [0.2, 0.25) is 11.8 Å². The highest BCUT2D eigenvalue weighted by Gasteiger charge is 2.47. The van der Waals surface area contributed by atoms with E-state index in [-0.39, 0.29) is 30.9 Å². The number of aliphatic hydroxyl groups excluding tert-OH is 1. The molecule has 1 aromatic heterocycles. The number of amides is 2. The fraction of sp³-hybridized carbons (Fsp3) is 0.522. The molecular formula is C23H30ClF3N4O3S. The molecule has 3 rings (SSSR count). The van der Waals surface area contributed by atoms with E-state index in [1.54, 1.807) is 38.4 Å². The number of hydrogen-bond donors (Lipinski definition) is 3. The van der Waals surface area contributed by atoms with Crippen LogP contribution in [0.1, 0.15) is 44.5 Å². The summed E-state index contributed by atoms with van der Waals surface area (Å²) in [5, 5.41) is 12.1. The summed E-state index contributed by atoms with van der Waals surface area (Å²) in [6.07, 6.45) is -5.97. The first-order valence-electron chi connectivity index (χ1n) is 10.8. The van der Waals surface area contributed by atoms with Gasteiger partial charge in [-0.2, -0.15) is 13.2 Å². The van der Waals surface area contributed by atoms with Gasteiger partial charge in [-0.3, -0.25) is 9.59 Å². The van der Waals surface area contributed by atoms with Crippen molar-refractivity contribution in [3.63, 3.8) is 0 Å². The zero-order valence-electron chi connectivity index (χ0n) is 19.8. The second-order valence-electron chi connectivity index (χ2n) is 9.61. The zero-order valence-corrected chi connectivity index (χ0v) is 21.4. The number of hydrogen-bond acceptors (Lipinski definition) is 6. The quantitative estimate of drug-likeness (QED) is 0.543. The molecule has 2 aromatic rings. The Bertz CT molecular complexity index is 1040. The number of aryl methyl sites for hydroxylation is 1. The third-order valence-electron chi connectivity index (χ3n) is 5.93. The molecule has 1 aliphatic heterocycles. The molecule has 2 heterocycles. The Morgan fingerprint density at radius 1 is 1.23 bits per heavy atom. The van der Waals surface area contributed by atoms with Gasteiger partial charge in [0, 0.05) is 13.0 Å². The maximum Gasteiger partial charge on any atom is 0.412 e. The zero-order chi connectivity index (χ0) is 25.4. The van der Waals surface area contributed by atoms with Crippen molar-refractivity contribution in [2.24, 2.45) is 11.1 Å². The van der Waals surface area contributed by atoms with Crippen LogP contribution in [-0.2, 0) is 9.59 Å². The number of thiazole rings is 1. The van der Waals surface area contributed by atoms with Crippen molar-refractivity contribution in [2.75, 3.05) is 6.54 Å². The van der Waals surface area contributed by atoms with Gasteiger partial charge in [0.1, 0.15) is 6.04 Å². The fourth-order valence-electron chi connectivity index (χ4n) is 3.85. The van der Waals surface area contributed by atoms with E-state index in [2.05, 4.69) is 4.98 Å². The normalized spacial score (nSPS) is 20.2. The molecule has 2 amide bonds. The number of carbonyl (C=O) groups excluding carboxylic acids is 2. The fourth-order valence-corrected chi connectivity index (χ4v) is 4.67. The van der Waals surface area contributed by atoms with Crippen molar-refractivity contribution in [2.45, 2.75) is 64.5 Å². The molecule has 1 aliphatic rings. The van der Waals surface area contributed by atoms with Crippen molar-refractivity contribution in [1.29, 1.82) is 0 Å². The molecule has 4 atom stereocenters. The SMILES string of the molecule is Cc1ncsc1-c1ccc(C(NC(=O)[C@@H]2C[C@@H](O)CN2C(=O)[C@@H](N)C(C)(C)C)C(F)(F)F)cc1.Cl. The van der Waals surface area contributed by atoms with E-state index in [9.17, 15) is 27.9 Å². The minimum absolute atomic E-state index is 0. The Labute approximate surface area is 212 Å². The maximum absolute atomic E-state index is 13.9. The van der Waals surface area contributed by atoms with E-state index in [0.29, 0.717) is 0 Å². The number of carbonyl (C=O) groups is 2. The number of benzene rings is 1. The maximum atomic E-state index is 13.9. The number of nitrogens with one attached hydrogen (secondary N) is 1. The summed E-state index contributed by atoms with van der Waals surface area (Å²) in [7, 11) is 0. The minimum atomic E-state index is -4.77. The standard InChI is InChI=1S/C23H29F3N4O3S.ClH/c1-12-17(34-11-28-12)13-5-7-14(8-6-13)19(23(24,25)26)29-20(32)16-9-15(31)10-30(16)21(33)18(27)22(2,3)4;/h5-8,11,15-16,18-19,31H,9-10,27H2,1-4H3,(H,29,32);1H/t15-,16+,18-,19?;/m1./s1. The molecule has 35 heavy (non-hydrogen) atoms. The largest absolute Gasteiger partial charge is 0.412 e. The lowest BCUT2D eigenvalue weighted by atomic mass is 9.86. The Hall–Kier alpha value is -2.21. The van der Waals surface area contributed by atoms with Gasteiger partial charge in [0.05, 0.1) is 28.2 Å². The average Bonchev–Trinajstić information content (AvgIpc) is 3.35. The summed E-state index contributed by atoms with van der Waals surface area (Å²) < 4.78 is 41.8. The van der Waals surface area contributed by atoms with Gasteiger partial charge in [-0.1, -0.05) is 45.0 Å². The molecule has 1 saturated heterocycles. The third kappa shape index (κ3) is 6.52. The van der Waals surface area contributed by atoms with Crippen LogP contribution in [0.2, 0.25) is 0 Å². The Morgan fingerprint density at radius 2 is 1.83 bits per heavy atom. The van der Waals surface area contributed by atoms with Crippen LogP contribution in [0.5, 0.6) is 0 Å². The van der Waals surface area contributed by atoms with Gasteiger partial charge in [0.15, 0.2) is 6.04 Å². The van der Waals surface area contributed by atoms with Gasteiger partial charge in [-0.25, -0.2) is 4.98 Å². The average molecular weight is 535 g/mol. The van der Waals surface area contributed by atoms with E-state index in [4.69, 9.17) is 5.73 Å². The first kappa shape index (κ1) is 29.0. The second-order valence-corrected chi connectivity index (χ2v) is 10.5. The molecule has 0 radical (unpaired) electrons. The Balaban J connectivity index is 0.00000432. The number of aromatic nitrogens is 1. The van der Waals surface area contributed by atoms with Crippen LogP contribution in [-0.4, -0.2) is 57.7 Å². The van der Waals surface area contributed by atoms with Crippen LogP contribution >= 0.6 is 23.7 Å². The Kier molecular flexibility index (Phi) is 8.97.